The van der Waals surface area contributed by atoms with E-state index in [9.17, 15) is 9.90 Å². The number of rotatable bonds is 0. The first kappa shape index (κ1) is 7.60. The Morgan fingerprint density at radius 3 is 2.85 bits per heavy atom. The summed E-state index contributed by atoms with van der Waals surface area (Å²) >= 11 is 0. The van der Waals surface area contributed by atoms with E-state index in [4.69, 9.17) is 5.73 Å². The number of nitrogens with zero attached hydrogens (tertiary/aromatic N) is 1. The Hall–Kier alpha value is -2.04. The molecule has 0 spiro atoms. The van der Waals surface area contributed by atoms with E-state index in [1.807, 2.05) is 0 Å². The lowest BCUT2D eigenvalue weighted by Crippen LogP contribution is -2.09. The van der Waals surface area contributed by atoms with Crippen molar-refractivity contribution in [1.29, 1.82) is 0 Å². The van der Waals surface area contributed by atoms with Crippen molar-refractivity contribution in [3.63, 3.8) is 0 Å². The number of fused-ring (bicyclic) bond motifs is 1. The average molecular weight is 176 g/mol. The smallest absolute Gasteiger partial charge is 0.294 e. The molecule has 0 atom stereocenters. The summed E-state index contributed by atoms with van der Waals surface area (Å²) in [5.74, 6) is -0.470. The fourth-order valence-electron chi connectivity index (χ4n) is 1.22. The van der Waals surface area contributed by atoms with Crippen molar-refractivity contribution in [2.45, 2.75) is 0 Å². The summed E-state index contributed by atoms with van der Waals surface area (Å²) in [5, 5.41) is 17.0. The summed E-state index contributed by atoms with van der Waals surface area (Å²) < 4.78 is 0. The van der Waals surface area contributed by atoms with Crippen LogP contribution in [-0.2, 0) is 5.11 Å². The summed E-state index contributed by atoms with van der Waals surface area (Å²) in [4.78, 5) is 11.2. The van der Waals surface area contributed by atoms with Gasteiger partial charge in [0.05, 0.1) is 10.8 Å². The minimum atomic E-state index is -0.470. The predicted molar refractivity (Wildman–Crippen MR) is 46.9 cm³/mol. The van der Waals surface area contributed by atoms with Gasteiger partial charge in [0, 0.05) is 5.69 Å². The number of nitrogen functional groups attached to an aromatic ring is 1. The standard InChI is InChI=1S/C8H6N3O2/c9-5-3-1-2-4-6(5)8(13)11-10-7(4)12/h1-3H,9H2,(H,11,13). The summed E-state index contributed by atoms with van der Waals surface area (Å²) in [6.07, 6.45) is 0. The average Bonchev–Trinajstić information content (AvgIpc) is 2.12. The quantitative estimate of drug-likeness (QED) is 0.577. The highest BCUT2D eigenvalue weighted by atomic mass is 16.3. The molecule has 5 heteroatoms. The van der Waals surface area contributed by atoms with Crippen LogP contribution in [0.2, 0.25) is 0 Å². The molecule has 1 aromatic carbocycles. The van der Waals surface area contributed by atoms with E-state index in [-0.39, 0.29) is 10.8 Å². The minimum Gasteiger partial charge on any atom is -0.398 e. The molecule has 0 unspecified atom stereocenters. The van der Waals surface area contributed by atoms with Gasteiger partial charge in [-0.25, -0.2) is 5.10 Å². The molecule has 0 bridgehead atoms. The number of hydrogen-bond acceptors (Lipinski definition) is 3. The number of H-pyrrole nitrogens is 1. The minimum absolute atomic E-state index is 0.211. The molecule has 0 aliphatic carbocycles. The van der Waals surface area contributed by atoms with Gasteiger partial charge in [0.25, 0.3) is 11.4 Å². The molecule has 0 saturated heterocycles. The van der Waals surface area contributed by atoms with E-state index >= 15 is 0 Å². The molecule has 65 valence electrons. The van der Waals surface area contributed by atoms with Crippen LogP contribution in [0.3, 0.4) is 0 Å². The van der Waals surface area contributed by atoms with Crippen molar-refractivity contribution in [1.82, 2.24) is 10.2 Å². The van der Waals surface area contributed by atoms with Crippen LogP contribution in [-0.4, -0.2) is 10.2 Å². The molecule has 2 rings (SSSR count). The van der Waals surface area contributed by atoms with Crippen LogP contribution in [0.4, 0.5) is 5.69 Å². The highest BCUT2D eigenvalue weighted by Crippen LogP contribution is 2.22. The van der Waals surface area contributed by atoms with Crippen LogP contribution in [0.1, 0.15) is 0 Å². The van der Waals surface area contributed by atoms with Crippen LogP contribution in [0.5, 0.6) is 5.88 Å². The second kappa shape index (κ2) is 2.48. The summed E-state index contributed by atoms with van der Waals surface area (Å²) in [6, 6.07) is 4.70. The second-order valence-electron chi connectivity index (χ2n) is 2.63. The van der Waals surface area contributed by atoms with Crippen LogP contribution in [0.15, 0.2) is 23.0 Å². The Bertz CT molecular complexity index is 518. The van der Waals surface area contributed by atoms with E-state index < -0.39 is 11.4 Å². The number of nitrogens with one attached hydrogen (secondary N) is 1. The fourth-order valence-corrected chi connectivity index (χ4v) is 1.22. The number of aromatic nitrogens is 2. The zero-order valence-electron chi connectivity index (χ0n) is 6.57. The van der Waals surface area contributed by atoms with Crippen molar-refractivity contribution >= 4 is 16.5 Å². The normalized spacial score (nSPS) is 10.5. The SMILES string of the molecule is Nc1cccc2c([O])n[nH]c(=O)c12. The molecule has 0 aliphatic rings. The lowest BCUT2D eigenvalue weighted by molar-refractivity contribution is 0.337. The van der Waals surface area contributed by atoms with Crippen molar-refractivity contribution < 1.29 is 5.11 Å². The van der Waals surface area contributed by atoms with Crippen molar-refractivity contribution in [3.8, 4) is 5.88 Å². The van der Waals surface area contributed by atoms with Crippen LogP contribution in [0.25, 0.3) is 10.8 Å². The maximum Gasteiger partial charge on any atom is 0.294 e. The number of anilines is 1. The van der Waals surface area contributed by atoms with Gasteiger partial charge in [0.15, 0.2) is 0 Å². The van der Waals surface area contributed by atoms with E-state index in [1.54, 1.807) is 12.1 Å². The van der Waals surface area contributed by atoms with Crippen molar-refractivity contribution in [2.24, 2.45) is 0 Å². The first-order valence-corrected chi connectivity index (χ1v) is 3.64. The monoisotopic (exact) mass is 176 g/mol. The number of hydrogen-bond donors (Lipinski definition) is 2. The zero-order chi connectivity index (χ0) is 9.42. The lowest BCUT2D eigenvalue weighted by Gasteiger charge is -1.98. The van der Waals surface area contributed by atoms with Gasteiger partial charge in [-0.15, -0.1) is 5.10 Å². The summed E-state index contributed by atoms with van der Waals surface area (Å²) in [5.41, 5.74) is 5.39. The van der Waals surface area contributed by atoms with Gasteiger partial charge >= 0.3 is 0 Å². The molecule has 0 amide bonds. The fraction of sp³-hybridized carbons (Fsp3) is 0. The van der Waals surface area contributed by atoms with Gasteiger partial charge in [0.2, 0.25) is 0 Å². The van der Waals surface area contributed by atoms with Crippen LogP contribution >= 0.6 is 0 Å². The van der Waals surface area contributed by atoms with Gasteiger partial charge < -0.3 is 5.73 Å². The molecule has 1 radical (unpaired) electrons. The molecule has 1 heterocycles. The van der Waals surface area contributed by atoms with Crippen LogP contribution in [0, 0.1) is 0 Å². The molecule has 0 aliphatic heterocycles. The molecule has 0 saturated carbocycles. The topological polar surface area (TPSA) is 91.7 Å². The number of aromatic amines is 1. The highest BCUT2D eigenvalue weighted by molar-refractivity contribution is 5.94. The third kappa shape index (κ3) is 1.01. The first-order chi connectivity index (χ1) is 6.20. The van der Waals surface area contributed by atoms with Crippen molar-refractivity contribution in [2.75, 3.05) is 5.73 Å². The predicted octanol–water partition coefficient (Wildman–Crippen LogP) is 0.649. The van der Waals surface area contributed by atoms with Crippen molar-refractivity contribution in [3.05, 3.63) is 28.6 Å². The lowest BCUT2D eigenvalue weighted by atomic mass is 10.1. The molecule has 0 fully saturated rings. The van der Waals surface area contributed by atoms with Gasteiger partial charge in [-0.3, -0.25) is 9.90 Å². The maximum absolute atomic E-state index is 11.2. The third-order valence-corrected chi connectivity index (χ3v) is 1.81. The number of nitrogens with two attached hydrogens (primary N) is 1. The maximum atomic E-state index is 11.2. The Balaban J connectivity index is 3.09. The van der Waals surface area contributed by atoms with Gasteiger partial charge in [-0.1, -0.05) is 6.07 Å². The molecule has 3 N–H and O–H groups in total. The van der Waals surface area contributed by atoms with E-state index in [0.29, 0.717) is 5.69 Å². The van der Waals surface area contributed by atoms with Gasteiger partial charge in [0.1, 0.15) is 0 Å². The molecule has 1 aromatic heterocycles. The largest absolute Gasteiger partial charge is 0.398 e. The molecule has 2 aromatic rings. The Morgan fingerprint density at radius 2 is 2.15 bits per heavy atom. The van der Waals surface area contributed by atoms with Crippen LogP contribution < -0.4 is 11.3 Å². The van der Waals surface area contributed by atoms with Gasteiger partial charge in [-0.2, -0.15) is 0 Å². The first-order valence-electron chi connectivity index (χ1n) is 3.64. The molecule has 5 nitrogen and oxygen atoms in total. The highest BCUT2D eigenvalue weighted by Gasteiger charge is 2.08. The molecular weight excluding hydrogens is 170 g/mol. The number of benzene rings is 1. The molecule has 13 heavy (non-hydrogen) atoms. The third-order valence-electron chi connectivity index (χ3n) is 1.81. The summed E-state index contributed by atoms with van der Waals surface area (Å²) in [7, 11) is 0. The van der Waals surface area contributed by atoms with E-state index in [1.165, 1.54) is 6.07 Å². The summed E-state index contributed by atoms with van der Waals surface area (Å²) in [6.45, 7) is 0. The Morgan fingerprint density at radius 1 is 1.38 bits per heavy atom. The van der Waals surface area contributed by atoms with E-state index in [0.717, 1.165) is 0 Å². The Labute approximate surface area is 72.8 Å². The zero-order valence-corrected chi connectivity index (χ0v) is 6.57. The Kier molecular flexibility index (Phi) is 1.45. The molecular formula is C8H6N3O2. The van der Waals surface area contributed by atoms with E-state index in [2.05, 4.69) is 10.2 Å². The second-order valence-corrected chi connectivity index (χ2v) is 2.63. The van der Waals surface area contributed by atoms with Gasteiger partial charge in [-0.05, 0) is 12.1 Å².